The Morgan fingerprint density at radius 2 is 1.25 bits per heavy atom. The number of fused-ring (bicyclic) bond motifs is 7. The molecule has 0 amide bonds. The van der Waals surface area contributed by atoms with Gasteiger partial charge in [-0.15, -0.1) is 0 Å². The van der Waals surface area contributed by atoms with Crippen molar-refractivity contribution < 1.29 is 9.90 Å². The van der Waals surface area contributed by atoms with E-state index in [2.05, 4.69) is 48.5 Å². The molecular weight excluding hydrogens is 392 g/mol. The fourth-order valence-electron chi connectivity index (χ4n) is 12.1. The largest absolute Gasteiger partial charge is 0.392 e. The molecule has 5 aliphatic carbocycles. The summed E-state index contributed by atoms with van der Waals surface area (Å²) in [5, 5.41) is 10.7. The van der Waals surface area contributed by atoms with E-state index in [1.54, 1.807) is 0 Å². The van der Waals surface area contributed by atoms with E-state index in [-0.39, 0.29) is 11.3 Å². The number of hydrogen-bond donors (Lipinski definition) is 1. The molecular formula is C30H50O2. The highest BCUT2D eigenvalue weighted by molar-refractivity contribution is 5.57. The molecule has 1 N–H and O–H groups in total. The van der Waals surface area contributed by atoms with Gasteiger partial charge < -0.3 is 9.90 Å². The highest BCUT2D eigenvalue weighted by Crippen LogP contribution is 2.79. The average Bonchev–Trinajstić information content (AvgIpc) is 3.08. The molecule has 2 nitrogen and oxygen atoms in total. The molecule has 5 aliphatic rings. The SMILES string of the molecule is CC(C)[C@H]1CC[C@@H]2[C@]1(C)CC[C@]1(C)[C@H]3CC[C@@]4(C)[C@@H](CC[C@@H](O)[C@@H]4C=O)[C@]3(C)CC[C@@]21C. The Morgan fingerprint density at radius 3 is 1.84 bits per heavy atom. The van der Waals surface area contributed by atoms with Gasteiger partial charge in [-0.1, -0.05) is 48.5 Å². The lowest BCUT2D eigenvalue weighted by Gasteiger charge is -2.73. The number of carbonyl (C=O) groups is 1. The summed E-state index contributed by atoms with van der Waals surface area (Å²) in [6.45, 7) is 18.0. The first-order valence-corrected chi connectivity index (χ1v) is 14.0. The molecule has 2 heteroatoms. The summed E-state index contributed by atoms with van der Waals surface area (Å²) < 4.78 is 0. The maximum atomic E-state index is 12.1. The average molecular weight is 443 g/mol. The Balaban J connectivity index is 1.52. The second-order valence-corrected chi connectivity index (χ2v) is 14.8. The lowest BCUT2D eigenvalue weighted by atomic mass is 9.31. The molecule has 5 saturated carbocycles. The van der Waals surface area contributed by atoms with Crippen LogP contribution in [0.1, 0.15) is 113 Å². The zero-order valence-electron chi connectivity index (χ0n) is 22.0. The summed E-state index contributed by atoms with van der Waals surface area (Å²) in [5.41, 5.74) is 1.67. The minimum absolute atomic E-state index is 0.0198. The standard InChI is InChI=1S/C30H50O2/c1-19(2)20-8-10-24-27(20,4)14-16-30(7)25-12-13-26(3)21(18-31)22(32)9-11-23(26)28(25,5)15-17-29(24,30)6/h18-25,32H,8-17H2,1-7H3/t20-,21+,22-,23-,24-,25+,26-,27-,28+,29+,30-/m1/s1. The third-order valence-corrected chi connectivity index (χ3v) is 13.9. The number of aliphatic hydroxyl groups excluding tert-OH is 1. The number of aliphatic hydroxyl groups is 1. The Labute approximate surface area is 197 Å². The molecule has 0 saturated heterocycles. The molecule has 5 fully saturated rings. The number of rotatable bonds is 2. The molecule has 0 unspecified atom stereocenters. The predicted octanol–water partition coefficient (Wildman–Crippen LogP) is 7.28. The highest BCUT2D eigenvalue weighted by atomic mass is 16.3. The van der Waals surface area contributed by atoms with E-state index in [9.17, 15) is 9.90 Å². The van der Waals surface area contributed by atoms with Crippen LogP contribution in [0.4, 0.5) is 0 Å². The van der Waals surface area contributed by atoms with Crippen LogP contribution in [0.2, 0.25) is 0 Å². The van der Waals surface area contributed by atoms with Gasteiger partial charge in [0.1, 0.15) is 6.29 Å². The van der Waals surface area contributed by atoms with Crippen molar-refractivity contribution in [3.8, 4) is 0 Å². The van der Waals surface area contributed by atoms with Crippen molar-refractivity contribution in [2.24, 2.45) is 62.6 Å². The summed E-state index contributed by atoms with van der Waals surface area (Å²) >= 11 is 0. The van der Waals surface area contributed by atoms with Crippen molar-refractivity contribution in [2.75, 3.05) is 0 Å². The molecule has 0 aromatic rings. The van der Waals surface area contributed by atoms with Gasteiger partial charge in [-0.05, 0) is 121 Å². The monoisotopic (exact) mass is 442 g/mol. The van der Waals surface area contributed by atoms with Crippen molar-refractivity contribution in [3.05, 3.63) is 0 Å². The molecule has 5 rings (SSSR count). The first kappa shape index (κ1) is 23.4. The molecule has 0 aliphatic heterocycles. The summed E-state index contributed by atoms with van der Waals surface area (Å²) in [7, 11) is 0. The van der Waals surface area contributed by atoms with Crippen LogP contribution in [0.3, 0.4) is 0 Å². The van der Waals surface area contributed by atoms with Crippen LogP contribution in [0, 0.1) is 62.6 Å². The van der Waals surface area contributed by atoms with Gasteiger partial charge >= 0.3 is 0 Å². The third kappa shape index (κ3) is 2.60. The van der Waals surface area contributed by atoms with E-state index in [0.29, 0.717) is 27.6 Å². The molecule has 0 bridgehead atoms. The van der Waals surface area contributed by atoms with Gasteiger partial charge in [0, 0.05) is 5.92 Å². The number of carbonyl (C=O) groups excluding carboxylic acids is 1. The Bertz CT molecular complexity index is 775. The quantitative estimate of drug-likeness (QED) is 0.456. The summed E-state index contributed by atoms with van der Waals surface area (Å²) in [6, 6.07) is 0. The molecule has 182 valence electrons. The van der Waals surface area contributed by atoms with Crippen LogP contribution in [0.25, 0.3) is 0 Å². The lowest BCUT2D eigenvalue weighted by Crippen LogP contribution is -2.67. The first-order valence-electron chi connectivity index (χ1n) is 14.0. The van der Waals surface area contributed by atoms with Crippen LogP contribution in [-0.4, -0.2) is 17.5 Å². The summed E-state index contributed by atoms with van der Waals surface area (Å²) in [4.78, 5) is 12.1. The van der Waals surface area contributed by atoms with E-state index >= 15 is 0 Å². The van der Waals surface area contributed by atoms with E-state index in [4.69, 9.17) is 0 Å². The van der Waals surface area contributed by atoms with Crippen molar-refractivity contribution in [1.29, 1.82) is 0 Å². The van der Waals surface area contributed by atoms with Gasteiger partial charge in [-0.2, -0.15) is 0 Å². The molecule has 0 heterocycles. The zero-order valence-corrected chi connectivity index (χ0v) is 22.0. The summed E-state index contributed by atoms with van der Waals surface area (Å²) in [5.74, 6) is 3.73. The fraction of sp³-hybridized carbons (Fsp3) is 0.967. The molecule has 0 aromatic heterocycles. The van der Waals surface area contributed by atoms with Gasteiger partial charge in [-0.25, -0.2) is 0 Å². The van der Waals surface area contributed by atoms with E-state index in [1.807, 2.05) is 0 Å². The van der Waals surface area contributed by atoms with Crippen molar-refractivity contribution in [1.82, 2.24) is 0 Å². The van der Waals surface area contributed by atoms with E-state index in [0.717, 1.165) is 49.2 Å². The smallest absolute Gasteiger partial charge is 0.126 e. The van der Waals surface area contributed by atoms with E-state index in [1.165, 1.54) is 44.9 Å². The van der Waals surface area contributed by atoms with Crippen LogP contribution in [-0.2, 0) is 4.79 Å². The minimum Gasteiger partial charge on any atom is -0.392 e. The molecule has 0 aromatic carbocycles. The molecule has 32 heavy (non-hydrogen) atoms. The van der Waals surface area contributed by atoms with Crippen LogP contribution < -0.4 is 0 Å². The van der Waals surface area contributed by atoms with E-state index < -0.39 is 6.10 Å². The predicted molar refractivity (Wildman–Crippen MR) is 131 cm³/mol. The van der Waals surface area contributed by atoms with Crippen LogP contribution in [0.5, 0.6) is 0 Å². The fourth-order valence-corrected chi connectivity index (χ4v) is 12.1. The summed E-state index contributed by atoms with van der Waals surface area (Å²) in [6.07, 6.45) is 13.4. The number of aldehydes is 1. The van der Waals surface area contributed by atoms with Gasteiger partial charge in [0.2, 0.25) is 0 Å². The highest BCUT2D eigenvalue weighted by Gasteiger charge is 2.71. The first-order chi connectivity index (χ1) is 14.9. The second kappa shape index (κ2) is 7.08. The minimum atomic E-state index is -0.430. The van der Waals surface area contributed by atoms with Gasteiger partial charge in [-0.3, -0.25) is 0 Å². The van der Waals surface area contributed by atoms with Crippen LogP contribution in [0.15, 0.2) is 0 Å². The number of hydrogen-bond acceptors (Lipinski definition) is 2. The van der Waals surface area contributed by atoms with Gasteiger partial charge in [0.05, 0.1) is 6.10 Å². The topological polar surface area (TPSA) is 37.3 Å². The maximum Gasteiger partial charge on any atom is 0.126 e. The Kier molecular flexibility index (Phi) is 5.17. The molecule has 0 spiro atoms. The Hall–Kier alpha value is -0.370. The molecule has 11 atom stereocenters. The van der Waals surface area contributed by atoms with Crippen LogP contribution >= 0.6 is 0 Å². The Morgan fingerprint density at radius 1 is 0.688 bits per heavy atom. The van der Waals surface area contributed by atoms with Crippen molar-refractivity contribution >= 4 is 6.29 Å². The second-order valence-electron chi connectivity index (χ2n) is 14.8. The zero-order chi connectivity index (χ0) is 23.3. The van der Waals surface area contributed by atoms with Gasteiger partial charge in [0.15, 0.2) is 0 Å². The maximum absolute atomic E-state index is 12.1. The molecule has 0 radical (unpaired) electrons. The van der Waals surface area contributed by atoms with Crippen molar-refractivity contribution in [2.45, 2.75) is 119 Å². The third-order valence-electron chi connectivity index (χ3n) is 13.9. The lowest BCUT2D eigenvalue weighted by molar-refractivity contribution is -0.251. The van der Waals surface area contributed by atoms with Gasteiger partial charge in [0.25, 0.3) is 0 Å². The van der Waals surface area contributed by atoms with Crippen molar-refractivity contribution in [3.63, 3.8) is 0 Å². The normalized spacial score (nSPS) is 59.7.